The van der Waals surface area contributed by atoms with E-state index in [2.05, 4.69) is 10.2 Å². The second kappa shape index (κ2) is 9.09. The van der Waals surface area contributed by atoms with Crippen molar-refractivity contribution in [2.75, 3.05) is 38.6 Å². The molecule has 1 fully saturated rings. The first-order chi connectivity index (χ1) is 10.1. The number of likely N-dealkylation sites (tertiary alicyclic amines) is 1. The number of hydrogen-bond donors (Lipinski definition) is 2. The minimum atomic E-state index is -0.429. The standard InChI is InChI=1S/C14H21N3O3S.ClH/c1-20-14(19)13-11(4-6-21-13)16-12(18)9-17-5-2-3-10(7-15)8-17;/h4,6,10H,2-3,5,7-9,15H2,1H3,(H,16,18);1H. The number of amides is 1. The van der Waals surface area contributed by atoms with E-state index in [1.165, 1.54) is 18.4 Å². The second-order valence-corrected chi connectivity index (χ2v) is 6.10. The zero-order valence-corrected chi connectivity index (χ0v) is 14.2. The fourth-order valence-electron chi connectivity index (χ4n) is 2.54. The van der Waals surface area contributed by atoms with Crippen LogP contribution in [0.2, 0.25) is 0 Å². The van der Waals surface area contributed by atoms with Crippen LogP contribution in [0, 0.1) is 5.92 Å². The van der Waals surface area contributed by atoms with Crippen LogP contribution in [0.25, 0.3) is 0 Å². The maximum absolute atomic E-state index is 12.1. The van der Waals surface area contributed by atoms with Gasteiger partial charge in [0.1, 0.15) is 4.88 Å². The number of nitrogens with one attached hydrogen (secondary N) is 1. The van der Waals surface area contributed by atoms with Gasteiger partial charge in [-0.15, -0.1) is 23.7 Å². The van der Waals surface area contributed by atoms with E-state index in [9.17, 15) is 9.59 Å². The van der Waals surface area contributed by atoms with Gasteiger partial charge in [0.25, 0.3) is 0 Å². The Morgan fingerprint density at radius 2 is 2.32 bits per heavy atom. The van der Waals surface area contributed by atoms with Crippen molar-refractivity contribution in [3.8, 4) is 0 Å². The van der Waals surface area contributed by atoms with Crippen molar-refractivity contribution < 1.29 is 14.3 Å². The molecule has 2 rings (SSSR count). The zero-order chi connectivity index (χ0) is 15.2. The van der Waals surface area contributed by atoms with Crippen molar-refractivity contribution in [2.24, 2.45) is 11.7 Å². The summed E-state index contributed by atoms with van der Waals surface area (Å²) < 4.78 is 4.69. The molecule has 6 nitrogen and oxygen atoms in total. The van der Waals surface area contributed by atoms with Gasteiger partial charge in [0, 0.05) is 6.54 Å². The number of thiophene rings is 1. The second-order valence-electron chi connectivity index (χ2n) is 5.18. The van der Waals surface area contributed by atoms with E-state index in [1.54, 1.807) is 11.4 Å². The molecule has 22 heavy (non-hydrogen) atoms. The molecule has 0 bridgehead atoms. The third-order valence-electron chi connectivity index (χ3n) is 3.61. The smallest absolute Gasteiger partial charge is 0.350 e. The van der Waals surface area contributed by atoms with E-state index in [0.29, 0.717) is 29.6 Å². The van der Waals surface area contributed by atoms with E-state index in [0.717, 1.165) is 25.9 Å². The van der Waals surface area contributed by atoms with Crippen LogP contribution in [0.1, 0.15) is 22.5 Å². The van der Waals surface area contributed by atoms with Crippen molar-refractivity contribution in [1.29, 1.82) is 0 Å². The first-order valence-corrected chi connectivity index (χ1v) is 7.90. The Kier molecular flexibility index (Phi) is 7.81. The molecule has 1 saturated heterocycles. The van der Waals surface area contributed by atoms with Crippen LogP contribution in [0.15, 0.2) is 11.4 Å². The zero-order valence-electron chi connectivity index (χ0n) is 12.5. The molecular weight excluding hydrogens is 326 g/mol. The average Bonchev–Trinajstić information content (AvgIpc) is 2.94. The number of hydrogen-bond acceptors (Lipinski definition) is 6. The molecule has 0 saturated carbocycles. The lowest BCUT2D eigenvalue weighted by Crippen LogP contribution is -2.42. The molecule has 8 heteroatoms. The van der Waals surface area contributed by atoms with Gasteiger partial charge in [-0.2, -0.15) is 0 Å². The molecule has 3 N–H and O–H groups in total. The monoisotopic (exact) mass is 347 g/mol. The quantitative estimate of drug-likeness (QED) is 0.790. The lowest BCUT2D eigenvalue weighted by Gasteiger charge is -2.31. The fourth-order valence-corrected chi connectivity index (χ4v) is 3.30. The van der Waals surface area contributed by atoms with E-state index >= 15 is 0 Å². The van der Waals surface area contributed by atoms with Crippen molar-refractivity contribution in [3.05, 3.63) is 16.3 Å². The fraction of sp³-hybridized carbons (Fsp3) is 0.571. The van der Waals surface area contributed by atoms with Gasteiger partial charge in [-0.25, -0.2) is 4.79 Å². The number of rotatable bonds is 5. The average molecular weight is 348 g/mol. The minimum absolute atomic E-state index is 0. The van der Waals surface area contributed by atoms with Gasteiger partial charge in [0.15, 0.2) is 0 Å². The van der Waals surface area contributed by atoms with E-state index in [1.807, 2.05) is 0 Å². The molecule has 0 radical (unpaired) electrons. The molecule has 1 aliphatic rings. The predicted molar refractivity (Wildman–Crippen MR) is 89.8 cm³/mol. The van der Waals surface area contributed by atoms with Crippen molar-refractivity contribution in [1.82, 2.24) is 4.90 Å². The number of carbonyl (C=O) groups excluding carboxylic acids is 2. The van der Waals surface area contributed by atoms with Crippen LogP contribution >= 0.6 is 23.7 Å². The molecule has 124 valence electrons. The molecule has 1 atom stereocenters. The van der Waals surface area contributed by atoms with E-state index in [-0.39, 0.29) is 18.3 Å². The maximum atomic E-state index is 12.1. The number of piperidine rings is 1. The van der Waals surface area contributed by atoms with E-state index < -0.39 is 5.97 Å². The maximum Gasteiger partial charge on any atom is 0.350 e. The Hall–Kier alpha value is -1.15. The number of nitrogens with zero attached hydrogens (tertiary/aromatic N) is 1. The summed E-state index contributed by atoms with van der Waals surface area (Å²) in [5.74, 6) is -0.0731. The molecule has 0 aliphatic carbocycles. The Bertz CT molecular complexity index is 509. The molecule has 1 aromatic heterocycles. The largest absolute Gasteiger partial charge is 0.465 e. The predicted octanol–water partition coefficient (Wildman–Crippen LogP) is 1.57. The van der Waals surface area contributed by atoms with Crippen LogP contribution in [0.4, 0.5) is 5.69 Å². The summed E-state index contributed by atoms with van der Waals surface area (Å²) in [6.07, 6.45) is 2.20. The Morgan fingerprint density at radius 1 is 1.55 bits per heavy atom. The SMILES string of the molecule is COC(=O)c1sccc1NC(=O)CN1CCCC(CN)C1.Cl. The number of methoxy groups -OCH3 is 1. The Balaban J connectivity index is 0.00000242. The summed E-state index contributed by atoms with van der Waals surface area (Å²) in [7, 11) is 1.33. The van der Waals surface area contributed by atoms with Gasteiger partial charge < -0.3 is 15.8 Å². The highest BCUT2D eigenvalue weighted by atomic mass is 35.5. The third kappa shape index (κ3) is 4.95. The lowest BCUT2D eigenvalue weighted by atomic mass is 9.98. The molecule has 0 spiro atoms. The van der Waals surface area contributed by atoms with Gasteiger partial charge in [-0.1, -0.05) is 0 Å². The summed E-state index contributed by atoms with van der Waals surface area (Å²) >= 11 is 1.25. The van der Waals surface area contributed by atoms with Gasteiger partial charge >= 0.3 is 5.97 Å². The number of halogens is 1. The summed E-state index contributed by atoms with van der Waals surface area (Å²) in [5, 5.41) is 4.54. The van der Waals surface area contributed by atoms with Gasteiger partial charge in [0.05, 0.1) is 19.3 Å². The minimum Gasteiger partial charge on any atom is -0.465 e. The molecule has 1 aliphatic heterocycles. The molecule has 1 amide bonds. The number of esters is 1. The lowest BCUT2D eigenvalue weighted by molar-refractivity contribution is -0.117. The van der Waals surface area contributed by atoms with Gasteiger partial charge in [0.2, 0.25) is 5.91 Å². The van der Waals surface area contributed by atoms with Crippen LogP contribution in [-0.4, -0.2) is 50.1 Å². The van der Waals surface area contributed by atoms with Gasteiger partial charge in [-0.3, -0.25) is 9.69 Å². The molecule has 1 aromatic rings. The first kappa shape index (κ1) is 18.9. The molecular formula is C14H22ClN3O3S. The topological polar surface area (TPSA) is 84.7 Å². The normalized spacial score (nSPS) is 18.4. The molecule has 2 heterocycles. The van der Waals surface area contributed by atoms with Crippen LogP contribution in [0.5, 0.6) is 0 Å². The Labute approximate surface area is 140 Å². The van der Waals surface area contributed by atoms with Crippen molar-refractivity contribution >= 4 is 41.3 Å². The summed E-state index contributed by atoms with van der Waals surface area (Å²) in [5.41, 5.74) is 6.22. The molecule has 1 unspecified atom stereocenters. The highest BCUT2D eigenvalue weighted by Gasteiger charge is 2.21. The van der Waals surface area contributed by atoms with Gasteiger partial charge in [-0.05, 0) is 43.3 Å². The number of ether oxygens (including phenoxy) is 1. The summed E-state index contributed by atoms with van der Waals surface area (Å²) in [6, 6.07) is 1.72. The summed E-state index contributed by atoms with van der Waals surface area (Å²) in [6.45, 7) is 2.76. The van der Waals surface area contributed by atoms with Crippen LogP contribution < -0.4 is 11.1 Å². The number of carbonyl (C=O) groups is 2. The molecule has 0 aromatic carbocycles. The van der Waals surface area contributed by atoms with Crippen molar-refractivity contribution in [2.45, 2.75) is 12.8 Å². The van der Waals surface area contributed by atoms with Crippen LogP contribution in [0.3, 0.4) is 0 Å². The first-order valence-electron chi connectivity index (χ1n) is 7.02. The highest BCUT2D eigenvalue weighted by Crippen LogP contribution is 2.23. The Morgan fingerprint density at radius 3 is 3.00 bits per heavy atom. The number of anilines is 1. The summed E-state index contributed by atoms with van der Waals surface area (Å²) in [4.78, 5) is 26.2. The van der Waals surface area contributed by atoms with Crippen LogP contribution in [-0.2, 0) is 9.53 Å². The third-order valence-corrected chi connectivity index (χ3v) is 4.51. The van der Waals surface area contributed by atoms with E-state index in [4.69, 9.17) is 10.5 Å². The number of nitrogens with two attached hydrogens (primary N) is 1. The van der Waals surface area contributed by atoms with Crippen molar-refractivity contribution in [3.63, 3.8) is 0 Å². The highest BCUT2D eigenvalue weighted by molar-refractivity contribution is 7.12.